The molecule has 1 N–H and O–H groups in total. The van der Waals surface area contributed by atoms with Crippen LogP contribution in [0.5, 0.6) is 0 Å². The minimum atomic E-state index is -3.29. The Morgan fingerprint density at radius 2 is 1.64 bits per heavy atom. The maximum absolute atomic E-state index is 11.3. The SMILES string of the molecule is CC1=NOC2(CCN(C)C2)C1.CC1=NOC2(CNS(=O)(=O)N(C)C2)C1. The van der Waals surface area contributed by atoms with Crippen LogP contribution in [0, 0.1) is 0 Å². The normalized spacial score (nSPS) is 37.3. The topological polar surface area (TPSA) is 95.8 Å². The van der Waals surface area contributed by atoms with Crippen molar-refractivity contribution in [3.05, 3.63) is 0 Å². The molecule has 0 aliphatic carbocycles. The minimum Gasteiger partial charge on any atom is -0.387 e. The molecule has 2 spiro atoms. The summed E-state index contributed by atoms with van der Waals surface area (Å²) >= 11 is 0. The molecule has 2 fully saturated rings. The van der Waals surface area contributed by atoms with E-state index in [0.29, 0.717) is 19.5 Å². The molecule has 2 saturated heterocycles. The number of oxime groups is 2. The van der Waals surface area contributed by atoms with Gasteiger partial charge >= 0.3 is 0 Å². The van der Waals surface area contributed by atoms with E-state index < -0.39 is 15.8 Å². The van der Waals surface area contributed by atoms with Crippen LogP contribution in [0.15, 0.2) is 10.3 Å². The Bertz CT molecular complexity index is 694. The van der Waals surface area contributed by atoms with Crippen molar-refractivity contribution in [1.82, 2.24) is 13.9 Å². The molecule has 0 amide bonds. The van der Waals surface area contributed by atoms with E-state index >= 15 is 0 Å². The molecule has 142 valence electrons. The van der Waals surface area contributed by atoms with Gasteiger partial charge in [0.1, 0.15) is 0 Å². The van der Waals surface area contributed by atoms with E-state index in [0.717, 1.165) is 37.4 Å². The Labute approximate surface area is 149 Å². The van der Waals surface area contributed by atoms with Gasteiger partial charge in [-0.05, 0) is 20.9 Å². The first-order valence-electron chi connectivity index (χ1n) is 8.47. The van der Waals surface area contributed by atoms with E-state index in [9.17, 15) is 8.42 Å². The van der Waals surface area contributed by atoms with Crippen LogP contribution >= 0.6 is 0 Å². The maximum atomic E-state index is 11.3. The molecular formula is C15H27N5O4S. The molecule has 0 aromatic rings. The van der Waals surface area contributed by atoms with Crippen molar-refractivity contribution in [2.45, 2.75) is 44.3 Å². The zero-order valence-electron chi connectivity index (χ0n) is 15.3. The highest BCUT2D eigenvalue weighted by atomic mass is 32.2. The van der Waals surface area contributed by atoms with Crippen molar-refractivity contribution in [3.8, 4) is 0 Å². The molecule has 9 nitrogen and oxygen atoms in total. The van der Waals surface area contributed by atoms with Crippen LogP contribution in [-0.2, 0) is 19.9 Å². The standard InChI is InChI=1S/C8H14N2O.C7H13N3O3S/c1-7-5-8(11-9-7)3-4-10(2)6-8;1-6-3-7(13-9-6)4-8-14(11,12)10(2)5-7/h3-6H2,1-2H3;8H,3-5H2,1-2H3. The molecule has 0 aromatic heterocycles. The van der Waals surface area contributed by atoms with Crippen molar-refractivity contribution in [2.24, 2.45) is 10.3 Å². The van der Waals surface area contributed by atoms with Gasteiger partial charge in [0.05, 0.1) is 24.5 Å². The molecule has 0 saturated carbocycles. The highest BCUT2D eigenvalue weighted by molar-refractivity contribution is 7.87. The molecule has 4 aliphatic heterocycles. The number of likely N-dealkylation sites (N-methyl/N-ethyl adjacent to an activating group) is 2. The van der Waals surface area contributed by atoms with Crippen LogP contribution in [0.3, 0.4) is 0 Å². The third-order valence-corrected chi connectivity index (χ3v) is 6.41. The summed E-state index contributed by atoms with van der Waals surface area (Å²) in [5.74, 6) is 0. The van der Waals surface area contributed by atoms with E-state index in [2.05, 4.69) is 27.0 Å². The van der Waals surface area contributed by atoms with Gasteiger partial charge in [0, 0.05) is 39.4 Å². The van der Waals surface area contributed by atoms with Crippen LogP contribution in [0.1, 0.15) is 33.1 Å². The van der Waals surface area contributed by atoms with Gasteiger partial charge in [-0.25, -0.2) is 0 Å². The van der Waals surface area contributed by atoms with Crippen LogP contribution in [0.4, 0.5) is 0 Å². The summed E-state index contributed by atoms with van der Waals surface area (Å²) in [6.45, 7) is 6.73. The number of hydrogen-bond donors (Lipinski definition) is 1. The van der Waals surface area contributed by atoms with Crippen LogP contribution in [0.25, 0.3) is 0 Å². The Kier molecular flexibility index (Phi) is 4.82. The molecule has 0 bridgehead atoms. The van der Waals surface area contributed by atoms with Crippen molar-refractivity contribution in [1.29, 1.82) is 0 Å². The molecule has 4 aliphatic rings. The van der Waals surface area contributed by atoms with Gasteiger partial charge in [0.2, 0.25) is 0 Å². The van der Waals surface area contributed by atoms with E-state index in [-0.39, 0.29) is 5.60 Å². The fourth-order valence-corrected chi connectivity index (χ4v) is 4.80. The second kappa shape index (κ2) is 6.49. The minimum absolute atomic E-state index is 0.0544. The molecule has 4 heterocycles. The quantitative estimate of drug-likeness (QED) is 0.652. The molecular weight excluding hydrogens is 346 g/mol. The van der Waals surface area contributed by atoms with Gasteiger partial charge in [0.15, 0.2) is 11.2 Å². The molecule has 4 rings (SSSR count). The highest BCUT2D eigenvalue weighted by Gasteiger charge is 2.46. The zero-order chi connectivity index (χ0) is 18.3. The van der Waals surface area contributed by atoms with Crippen molar-refractivity contribution in [2.75, 3.05) is 40.3 Å². The first-order chi connectivity index (χ1) is 11.6. The van der Waals surface area contributed by atoms with Crippen LogP contribution < -0.4 is 4.72 Å². The van der Waals surface area contributed by atoms with Gasteiger partial charge in [-0.3, -0.25) is 0 Å². The second-order valence-electron chi connectivity index (χ2n) is 7.63. The predicted octanol–water partition coefficient (Wildman–Crippen LogP) is 0.158. The van der Waals surface area contributed by atoms with Gasteiger partial charge in [-0.15, -0.1) is 0 Å². The molecule has 2 atom stereocenters. The van der Waals surface area contributed by atoms with Gasteiger partial charge < -0.3 is 14.6 Å². The van der Waals surface area contributed by atoms with Crippen molar-refractivity contribution < 1.29 is 18.1 Å². The molecule has 10 heteroatoms. The lowest BCUT2D eigenvalue weighted by atomic mass is 9.97. The molecule has 25 heavy (non-hydrogen) atoms. The third-order valence-electron chi connectivity index (χ3n) is 4.95. The van der Waals surface area contributed by atoms with E-state index in [1.807, 2.05) is 13.8 Å². The zero-order valence-corrected chi connectivity index (χ0v) is 16.1. The number of likely N-dealkylation sites (tertiary alicyclic amines) is 1. The lowest BCUT2D eigenvalue weighted by Gasteiger charge is -2.35. The highest BCUT2D eigenvalue weighted by Crippen LogP contribution is 2.32. The van der Waals surface area contributed by atoms with E-state index in [1.165, 1.54) is 11.4 Å². The number of hydrogen-bond acceptors (Lipinski definition) is 7. The number of nitrogens with zero attached hydrogens (tertiary/aromatic N) is 4. The summed E-state index contributed by atoms with van der Waals surface area (Å²) in [5, 5.41) is 7.85. The Balaban J connectivity index is 0.000000150. The Morgan fingerprint density at radius 3 is 2.08 bits per heavy atom. The monoisotopic (exact) mass is 373 g/mol. The smallest absolute Gasteiger partial charge is 0.279 e. The van der Waals surface area contributed by atoms with E-state index in [4.69, 9.17) is 9.68 Å². The van der Waals surface area contributed by atoms with Crippen LogP contribution in [0.2, 0.25) is 0 Å². The first-order valence-corrected chi connectivity index (χ1v) is 9.91. The summed E-state index contributed by atoms with van der Waals surface area (Å²) in [7, 11) is 0.369. The van der Waals surface area contributed by atoms with E-state index in [1.54, 1.807) is 0 Å². The summed E-state index contributed by atoms with van der Waals surface area (Å²) < 4.78 is 26.4. The molecule has 0 radical (unpaired) electrons. The first kappa shape index (κ1) is 18.6. The fraction of sp³-hybridized carbons (Fsp3) is 0.867. The van der Waals surface area contributed by atoms with Gasteiger partial charge in [0.25, 0.3) is 10.2 Å². The molecule has 0 aromatic carbocycles. The second-order valence-corrected chi connectivity index (χ2v) is 9.49. The lowest BCUT2D eigenvalue weighted by Crippen LogP contribution is -2.59. The Morgan fingerprint density at radius 1 is 1.04 bits per heavy atom. The van der Waals surface area contributed by atoms with Gasteiger partial charge in [-0.1, -0.05) is 10.3 Å². The Hall–Kier alpha value is -1.23. The summed E-state index contributed by atoms with van der Waals surface area (Å²) in [5.41, 5.74) is 1.60. The third kappa shape index (κ3) is 3.97. The average molecular weight is 373 g/mol. The predicted molar refractivity (Wildman–Crippen MR) is 94.8 cm³/mol. The maximum Gasteiger partial charge on any atom is 0.279 e. The van der Waals surface area contributed by atoms with Crippen LogP contribution in [-0.4, -0.2) is 80.5 Å². The number of rotatable bonds is 0. The van der Waals surface area contributed by atoms with Crippen molar-refractivity contribution >= 4 is 21.6 Å². The molecule has 2 unspecified atom stereocenters. The van der Waals surface area contributed by atoms with Crippen molar-refractivity contribution in [3.63, 3.8) is 0 Å². The summed E-state index contributed by atoms with van der Waals surface area (Å²) in [6, 6.07) is 0. The lowest BCUT2D eigenvalue weighted by molar-refractivity contribution is -0.0293. The number of nitrogens with one attached hydrogen (secondary N) is 1. The largest absolute Gasteiger partial charge is 0.387 e. The van der Waals surface area contributed by atoms with Gasteiger partial charge in [-0.2, -0.15) is 17.4 Å². The summed E-state index contributed by atoms with van der Waals surface area (Å²) in [4.78, 5) is 13.0. The fourth-order valence-electron chi connectivity index (χ4n) is 3.73. The average Bonchev–Trinajstić information content (AvgIpc) is 3.18. The summed E-state index contributed by atoms with van der Waals surface area (Å²) in [6.07, 6.45) is 2.83.